The van der Waals surface area contributed by atoms with Gasteiger partial charge in [0, 0.05) is 5.41 Å². The molecule has 0 fully saturated rings. The van der Waals surface area contributed by atoms with Crippen molar-refractivity contribution >= 4 is 0 Å². The molecule has 0 aliphatic rings. The number of aromatic amines is 1. The van der Waals surface area contributed by atoms with Crippen molar-refractivity contribution in [2.24, 2.45) is 0 Å². The lowest BCUT2D eigenvalue weighted by Crippen LogP contribution is -2.22. The fraction of sp³-hybridized carbons (Fsp3) is 0.909. The monoisotopic (exact) mass is 349 g/mol. The first-order valence-corrected chi connectivity index (χ1v) is 11.1. The van der Waals surface area contributed by atoms with Crippen LogP contribution >= 0.6 is 0 Å². The number of hydrogen-bond acceptors (Lipinski definition) is 2. The third-order valence-electron chi connectivity index (χ3n) is 5.85. The molecule has 0 spiro atoms. The van der Waals surface area contributed by atoms with Crippen LogP contribution in [0.3, 0.4) is 0 Å². The van der Waals surface area contributed by atoms with E-state index in [-0.39, 0.29) is 5.41 Å². The number of nitrogens with one attached hydrogen (secondary N) is 1. The van der Waals surface area contributed by atoms with Gasteiger partial charge in [-0.3, -0.25) is 5.10 Å². The van der Waals surface area contributed by atoms with E-state index in [1.54, 1.807) is 6.33 Å². The van der Waals surface area contributed by atoms with Crippen LogP contribution in [0.5, 0.6) is 0 Å². The molecular formula is C22H43N3. The zero-order chi connectivity index (χ0) is 18.2. The van der Waals surface area contributed by atoms with Gasteiger partial charge in [0.25, 0.3) is 0 Å². The molecule has 146 valence electrons. The van der Waals surface area contributed by atoms with E-state index >= 15 is 0 Å². The zero-order valence-corrected chi connectivity index (χ0v) is 17.3. The smallest absolute Gasteiger partial charge is 0.137 e. The van der Waals surface area contributed by atoms with Gasteiger partial charge in [0.05, 0.1) is 0 Å². The average Bonchev–Trinajstić information content (AvgIpc) is 3.17. The summed E-state index contributed by atoms with van der Waals surface area (Å²) in [7, 11) is 0. The van der Waals surface area contributed by atoms with Gasteiger partial charge in [0.15, 0.2) is 0 Å². The Morgan fingerprint density at radius 2 is 1.24 bits per heavy atom. The van der Waals surface area contributed by atoms with Gasteiger partial charge in [-0.1, -0.05) is 111 Å². The van der Waals surface area contributed by atoms with Crippen molar-refractivity contribution in [1.82, 2.24) is 15.2 Å². The summed E-state index contributed by atoms with van der Waals surface area (Å²) in [6, 6.07) is 0. The summed E-state index contributed by atoms with van der Waals surface area (Å²) in [6.45, 7) is 6.86. The highest BCUT2D eigenvalue weighted by molar-refractivity contribution is 5.02. The molecule has 0 aliphatic carbocycles. The molecule has 0 aliphatic heterocycles. The zero-order valence-electron chi connectivity index (χ0n) is 17.3. The minimum Gasteiger partial charge on any atom is -0.263 e. The predicted octanol–water partition coefficient (Wildman–Crippen LogP) is 7.34. The van der Waals surface area contributed by atoms with E-state index in [9.17, 15) is 0 Å². The normalized spacial score (nSPS) is 13.9. The van der Waals surface area contributed by atoms with Crippen molar-refractivity contribution in [3.05, 3.63) is 12.2 Å². The summed E-state index contributed by atoms with van der Waals surface area (Å²) in [4.78, 5) is 4.38. The molecule has 0 aromatic carbocycles. The molecule has 0 saturated heterocycles. The maximum Gasteiger partial charge on any atom is 0.137 e. The van der Waals surface area contributed by atoms with Gasteiger partial charge in [-0.15, -0.1) is 0 Å². The maximum absolute atomic E-state index is 4.38. The Balaban J connectivity index is 1.89. The lowest BCUT2D eigenvalue weighted by molar-refractivity contribution is 0.374. The summed E-state index contributed by atoms with van der Waals surface area (Å²) >= 11 is 0. The Morgan fingerprint density at radius 3 is 1.64 bits per heavy atom. The Labute approximate surface area is 156 Å². The highest BCUT2D eigenvalue weighted by atomic mass is 15.2. The molecule has 0 bridgehead atoms. The summed E-state index contributed by atoms with van der Waals surface area (Å²) in [5, 5.41) is 7.09. The average molecular weight is 350 g/mol. The SMILES string of the molecule is CCCCCCCCCCCCCCCCC(C)(CC)c1ncn[nH]1. The van der Waals surface area contributed by atoms with Gasteiger partial charge in [0.2, 0.25) is 0 Å². The molecule has 25 heavy (non-hydrogen) atoms. The molecule has 0 saturated carbocycles. The first-order chi connectivity index (χ1) is 12.2. The van der Waals surface area contributed by atoms with Crippen molar-refractivity contribution in [3.8, 4) is 0 Å². The molecular weight excluding hydrogens is 306 g/mol. The predicted molar refractivity (Wildman–Crippen MR) is 109 cm³/mol. The van der Waals surface area contributed by atoms with Gasteiger partial charge in [0.1, 0.15) is 12.2 Å². The molecule has 1 unspecified atom stereocenters. The summed E-state index contributed by atoms with van der Waals surface area (Å²) in [5.41, 5.74) is 0.174. The summed E-state index contributed by atoms with van der Waals surface area (Å²) in [6.07, 6.45) is 23.9. The van der Waals surface area contributed by atoms with E-state index in [0.717, 1.165) is 12.2 Å². The molecule has 1 rings (SSSR count). The third kappa shape index (κ3) is 10.0. The first-order valence-electron chi connectivity index (χ1n) is 11.1. The van der Waals surface area contributed by atoms with Gasteiger partial charge < -0.3 is 0 Å². The van der Waals surface area contributed by atoms with E-state index < -0.39 is 0 Å². The van der Waals surface area contributed by atoms with Crippen LogP contribution in [-0.4, -0.2) is 15.2 Å². The van der Waals surface area contributed by atoms with Crippen molar-refractivity contribution in [2.75, 3.05) is 0 Å². The Morgan fingerprint density at radius 1 is 0.760 bits per heavy atom. The maximum atomic E-state index is 4.38. The van der Waals surface area contributed by atoms with Crippen molar-refractivity contribution in [2.45, 2.75) is 129 Å². The molecule has 0 amide bonds. The quantitative estimate of drug-likeness (QED) is 0.299. The van der Waals surface area contributed by atoms with Gasteiger partial charge in [-0.2, -0.15) is 5.10 Å². The fourth-order valence-electron chi connectivity index (χ4n) is 3.67. The van der Waals surface area contributed by atoms with E-state index in [0.29, 0.717) is 0 Å². The molecule has 3 heteroatoms. The molecule has 1 aromatic rings. The van der Waals surface area contributed by atoms with Crippen LogP contribution < -0.4 is 0 Å². The number of hydrogen-bond donors (Lipinski definition) is 1. The Hall–Kier alpha value is -0.860. The Kier molecular flexibility index (Phi) is 12.7. The van der Waals surface area contributed by atoms with E-state index in [1.165, 1.54) is 96.3 Å². The minimum absolute atomic E-state index is 0.174. The lowest BCUT2D eigenvalue weighted by atomic mass is 9.81. The fourth-order valence-corrected chi connectivity index (χ4v) is 3.67. The second-order valence-electron chi connectivity index (χ2n) is 8.09. The molecule has 0 radical (unpaired) electrons. The molecule has 1 heterocycles. The van der Waals surface area contributed by atoms with E-state index in [2.05, 4.69) is 36.0 Å². The second kappa shape index (κ2) is 14.3. The van der Waals surface area contributed by atoms with Crippen LogP contribution in [0.4, 0.5) is 0 Å². The highest BCUT2D eigenvalue weighted by Crippen LogP contribution is 2.30. The van der Waals surface area contributed by atoms with Crippen molar-refractivity contribution < 1.29 is 0 Å². The topological polar surface area (TPSA) is 41.6 Å². The van der Waals surface area contributed by atoms with Gasteiger partial charge in [-0.25, -0.2) is 4.98 Å². The number of unbranched alkanes of at least 4 members (excludes halogenated alkanes) is 13. The standard InChI is InChI=1S/C22H43N3/c1-4-6-7-8-9-10-11-12-13-14-15-16-17-18-19-22(3,5-2)21-23-20-24-25-21/h20H,4-19H2,1-3H3,(H,23,24,25). The van der Waals surface area contributed by atoms with Crippen molar-refractivity contribution in [3.63, 3.8) is 0 Å². The van der Waals surface area contributed by atoms with Crippen molar-refractivity contribution in [1.29, 1.82) is 0 Å². The van der Waals surface area contributed by atoms with Crippen LogP contribution in [0.2, 0.25) is 0 Å². The number of H-pyrrole nitrogens is 1. The van der Waals surface area contributed by atoms with Crippen LogP contribution in [0.1, 0.15) is 129 Å². The summed E-state index contributed by atoms with van der Waals surface area (Å²) in [5.74, 6) is 1.06. The minimum atomic E-state index is 0.174. The first kappa shape index (κ1) is 22.2. The third-order valence-corrected chi connectivity index (χ3v) is 5.85. The molecule has 1 aromatic heterocycles. The van der Waals surface area contributed by atoms with E-state index in [1.807, 2.05) is 0 Å². The van der Waals surface area contributed by atoms with Crippen LogP contribution in [0.15, 0.2) is 6.33 Å². The Bertz CT molecular complexity index is 388. The van der Waals surface area contributed by atoms with Crippen LogP contribution in [0.25, 0.3) is 0 Å². The van der Waals surface area contributed by atoms with E-state index in [4.69, 9.17) is 0 Å². The molecule has 1 N–H and O–H groups in total. The summed E-state index contributed by atoms with van der Waals surface area (Å²) < 4.78 is 0. The largest absolute Gasteiger partial charge is 0.263 e. The second-order valence-corrected chi connectivity index (χ2v) is 8.09. The number of rotatable bonds is 17. The number of aromatic nitrogens is 3. The lowest BCUT2D eigenvalue weighted by Gasteiger charge is -2.25. The van der Waals surface area contributed by atoms with Gasteiger partial charge in [-0.05, 0) is 12.8 Å². The molecule has 3 nitrogen and oxygen atoms in total. The number of nitrogens with zero attached hydrogens (tertiary/aromatic N) is 2. The molecule has 1 atom stereocenters. The van der Waals surface area contributed by atoms with Gasteiger partial charge >= 0.3 is 0 Å². The highest BCUT2D eigenvalue weighted by Gasteiger charge is 2.26. The van der Waals surface area contributed by atoms with Crippen LogP contribution in [-0.2, 0) is 5.41 Å². The van der Waals surface area contributed by atoms with Crippen LogP contribution in [0, 0.1) is 0 Å².